The van der Waals surface area contributed by atoms with Crippen LogP contribution in [0, 0.1) is 18.7 Å². The lowest BCUT2D eigenvalue weighted by Gasteiger charge is -2.25. The molecule has 3 nitrogen and oxygen atoms in total. The molecule has 0 radical (unpaired) electrons. The van der Waals surface area contributed by atoms with Gasteiger partial charge in [0.2, 0.25) is 0 Å². The molecular weight excluding hydrogens is 255 g/mol. The second-order valence-electron chi connectivity index (χ2n) is 5.69. The minimum absolute atomic E-state index is 0.170. The van der Waals surface area contributed by atoms with Crippen LogP contribution < -0.4 is 5.32 Å². The molecule has 20 heavy (non-hydrogen) atoms. The van der Waals surface area contributed by atoms with Crippen LogP contribution in [-0.4, -0.2) is 37.5 Å². The summed E-state index contributed by atoms with van der Waals surface area (Å²) in [5.74, 6) is 0.0227. The van der Waals surface area contributed by atoms with Gasteiger partial charge in [0.15, 0.2) is 0 Å². The molecular formula is C16H23FN2O. The molecule has 1 fully saturated rings. The normalized spacial score (nSPS) is 16.1. The standard InChI is InChI=1S/C16H23FN2O/c1-12-3-4-14(15(17)11-12)16(20)19(2)10-7-13-5-8-18-9-6-13/h3-4,11,13,18H,5-10H2,1-2H3. The average molecular weight is 278 g/mol. The minimum atomic E-state index is -0.427. The fraction of sp³-hybridized carbons (Fsp3) is 0.562. The molecule has 1 N–H and O–H groups in total. The Balaban J connectivity index is 1.90. The summed E-state index contributed by atoms with van der Waals surface area (Å²) in [6.07, 6.45) is 3.33. The first-order chi connectivity index (χ1) is 9.58. The van der Waals surface area contributed by atoms with Gasteiger partial charge >= 0.3 is 0 Å². The number of nitrogens with one attached hydrogen (secondary N) is 1. The van der Waals surface area contributed by atoms with Crippen molar-refractivity contribution in [3.8, 4) is 0 Å². The Morgan fingerprint density at radius 2 is 2.10 bits per heavy atom. The summed E-state index contributed by atoms with van der Waals surface area (Å²) in [4.78, 5) is 13.9. The number of hydrogen-bond acceptors (Lipinski definition) is 2. The van der Waals surface area contributed by atoms with Crippen molar-refractivity contribution in [1.82, 2.24) is 10.2 Å². The van der Waals surface area contributed by atoms with Crippen LogP contribution in [0.5, 0.6) is 0 Å². The lowest BCUT2D eigenvalue weighted by Crippen LogP contribution is -2.33. The van der Waals surface area contributed by atoms with Gasteiger partial charge in [0.1, 0.15) is 5.82 Å². The Labute approximate surface area is 120 Å². The first-order valence-electron chi connectivity index (χ1n) is 7.30. The average Bonchev–Trinajstić information content (AvgIpc) is 2.45. The van der Waals surface area contributed by atoms with Crippen LogP contribution in [0.3, 0.4) is 0 Å². The molecule has 1 aromatic carbocycles. The molecule has 1 aliphatic rings. The first kappa shape index (κ1) is 15.0. The van der Waals surface area contributed by atoms with Gasteiger partial charge in [0.05, 0.1) is 5.56 Å². The number of nitrogens with zero attached hydrogens (tertiary/aromatic N) is 1. The molecule has 1 saturated heterocycles. The second-order valence-corrected chi connectivity index (χ2v) is 5.69. The van der Waals surface area contributed by atoms with E-state index in [9.17, 15) is 9.18 Å². The number of piperidine rings is 1. The third kappa shape index (κ3) is 3.79. The molecule has 0 aliphatic carbocycles. The van der Waals surface area contributed by atoms with Crippen molar-refractivity contribution in [2.75, 3.05) is 26.7 Å². The summed E-state index contributed by atoms with van der Waals surface area (Å²) in [6.45, 7) is 4.64. The van der Waals surface area contributed by atoms with Crippen LogP contribution >= 0.6 is 0 Å². The predicted molar refractivity (Wildman–Crippen MR) is 78.3 cm³/mol. The van der Waals surface area contributed by atoms with Gasteiger partial charge in [0.25, 0.3) is 5.91 Å². The van der Waals surface area contributed by atoms with Gasteiger partial charge in [-0.3, -0.25) is 4.79 Å². The number of rotatable bonds is 4. The second kappa shape index (κ2) is 6.84. The lowest BCUT2D eigenvalue weighted by molar-refractivity contribution is 0.0780. The SMILES string of the molecule is Cc1ccc(C(=O)N(C)CCC2CCNCC2)c(F)c1. The molecule has 2 rings (SSSR count). The topological polar surface area (TPSA) is 32.3 Å². The van der Waals surface area contributed by atoms with E-state index >= 15 is 0 Å². The Morgan fingerprint density at radius 3 is 2.75 bits per heavy atom. The zero-order chi connectivity index (χ0) is 14.5. The van der Waals surface area contributed by atoms with E-state index in [1.165, 1.54) is 18.9 Å². The summed E-state index contributed by atoms with van der Waals surface area (Å²) in [5.41, 5.74) is 1.000. The fourth-order valence-electron chi connectivity index (χ4n) is 2.65. The van der Waals surface area contributed by atoms with Gasteiger partial charge in [-0.15, -0.1) is 0 Å². The van der Waals surface area contributed by atoms with Crippen molar-refractivity contribution in [3.63, 3.8) is 0 Å². The number of benzene rings is 1. The van der Waals surface area contributed by atoms with Crippen molar-refractivity contribution < 1.29 is 9.18 Å². The largest absolute Gasteiger partial charge is 0.342 e. The van der Waals surface area contributed by atoms with Crippen LogP contribution in [0.2, 0.25) is 0 Å². The van der Waals surface area contributed by atoms with Crippen molar-refractivity contribution in [2.24, 2.45) is 5.92 Å². The molecule has 0 saturated carbocycles. The molecule has 1 aliphatic heterocycles. The Morgan fingerprint density at radius 1 is 1.40 bits per heavy atom. The van der Waals surface area contributed by atoms with Crippen molar-refractivity contribution in [1.29, 1.82) is 0 Å². The minimum Gasteiger partial charge on any atom is -0.342 e. The molecule has 0 spiro atoms. The van der Waals surface area contributed by atoms with E-state index in [1.807, 2.05) is 6.92 Å². The monoisotopic (exact) mass is 278 g/mol. The molecule has 1 aromatic rings. The number of aryl methyl sites for hydroxylation is 1. The number of amides is 1. The van der Waals surface area contributed by atoms with Gasteiger partial charge in [-0.1, -0.05) is 6.07 Å². The first-order valence-corrected chi connectivity index (χ1v) is 7.30. The third-order valence-corrected chi connectivity index (χ3v) is 4.03. The quantitative estimate of drug-likeness (QED) is 0.918. The van der Waals surface area contributed by atoms with Crippen molar-refractivity contribution in [2.45, 2.75) is 26.2 Å². The fourth-order valence-corrected chi connectivity index (χ4v) is 2.65. The highest BCUT2D eigenvalue weighted by atomic mass is 19.1. The summed E-state index contributed by atoms with van der Waals surface area (Å²) >= 11 is 0. The summed E-state index contributed by atoms with van der Waals surface area (Å²) in [7, 11) is 1.75. The van der Waals surface area contributed by atoms with Crippen LogP contribution in [0.4, 0.5) is 4.39 Å². The summed E-state index contributed by atoms with van der Waals surface area (Å²) in [5, 5.41) is 3.33. The van der Waals surface area contributed by atoms with Gasteiger partial charge in [0, 0.05) is 13.6 Å². The van der Waals surface area contributed by atoms with E-state index in [-0.39, 0.29) is 11.5 Å². The lowest BCUT2D eigenvalue weighted by atomic mass is 9.94. The van der Waals surface area contributed by atoms with Crippen LogP contribution in [0.1, 0.15) is 35.2 Å². The molecule has 4 heteroatoms. The predicted octanol–water partition coefficient (Wildman–Crippen LogP) is 2.60. The zero-order valence-electron chi connectivity index (χ0n) is 12.3. The van der Waals surface area contributed by atoms with E-state index in [1.54, 1.807) is 24.1 Å². The van der Waals surface area contributed by atoms with E-state index in [0.717, 1.165) is 25.1 Å². The summed E-state index contributed by atoms with van der Waals surface area (Å²) < 4.78 is 13.8. The van der Waals surface area contributed by atoms with Crippen LogP contribution in [-0.2, 0) is 0 Å². The zero-order valence-corrected chi connectivity index (χ0v) is 12.3. The number of halogens is 1. The van der Waals surface area contributed by atoms with E-state index in [2.05, 4.69) is 5.32 Å². The van der Waals surface area contributed by atoms with E-state index in [4.69, 9.17) is 0 Å². The molecule has 1 heterocycles. The van der Waals surface area contributed by atoms with E-state index in [0.29, 0.717) is 12.5 Å². The smallest absolute Gasteiger partial charge is 0.256 e. The molecule has 0 aromatic heterocycles. The molecule has 0 bridgehead atoms. The van der Waals surface area contributed by atoms with Crippen LogP contribution in [0.15, 0.2) is 18.2 Å². The highest BCUT2D eigenvalue weighted by molar-refractivity contribution is 5.94. The van der Waals surface area contributed by atoms with Gasteiger partial charge in [-0.25, -0.2) is 4.39 Å². The van der Waals surface area contributed by atoms with Crippen LogP contribution in [0.25, 0.3) is 0 Å². The van der Waals surface area contributed by atoms with Crippen molar-refractivity contribution in [3.05, 3.63) is 35.1 Å². The number of hydrogen-bond donors (Lipinski definition) is 1. The molecule has 1 amide bonds. The van der Waals surface area contributed by atoms with Gasteiger partial charge in [-0.2, -0.15) is 0 Å². The maximum atomic E-state index is 13.8. The van der Waals surface area contributed by atoms with E-state index < -0.39 is 5.82 Å². The number of carbonyl (C=O) groups is 1. The Kier molecular flexibility index (Phi) is 5.12. The maximum Gasteiger partial charge on any atom is 0.256 e. The maximum absolute atomic E-state index is 13.8. The highest BCUT2D eigenvalue weighted by Gasteiger charge is 2.18. The highest BCUT2D eigenvalue weighted by Crippen LogP contribution is 2.17. The molecule has 110 valence electrons. The van der Waals surface area contributed by atoms with Crippen molar-refractivity contribution >= 4 is 5.91 Å². The summed E-state index contributed by atoms with van der Waals surface area (Å²) in [6, 6.07) is 4.76. The molecule has 0 unspecified atom stereocenters. The molecule has 0 atom stereocenters. The Bertz CT molecular complexity index is 470. The third-order valence-electron chi connectivity index (χ3n) is 4.03. The van der Waals surface area contributed by atoms with Gasteiger partial charge < -0.3 is 10.2 Å². The van der Waals surface area contributed by atoms with Gasteiger partial charge in [-0.05, 0) is 62.9 Å². The number of carbonyl (C=O) groups excluding carboxylic acids is 1. The Hall–Kier alpha value is -1.42.